The Morgan fingerprint density at radius 1 is 0.912 bits per heavy atom. The van der Waals surface area contributed by atoms with E-state index in [2.05, 4.69) is 33.7 Å². The van der Waals surface area contributed by atoms with Gasteiger partial charge >= 0.3 is 0 Å². The SMILES string of the molecule is O=C1CCc2ccc(CN3CCC(NC(=O)C(c4ccccc4)c4ccccc4)CC3)cc2N1. The van der Waals surface area contributed by atoms with Crippen LogP contribution < -0.4 is 10.6 Å². The summed E-state index contributed by atoms with van der Waals surface area (Å²) >= 11 is 0. The van der Waals surface area contributed by atoms with Gasteiger partial charge in [-0.05, 0) is 47.6 Å². The first kappa shape index (κ1) is 22.4. The van der Waals surface area contributed by atoms with Crippen molar-refractivity contribution in [3.05, 3.63) is 101 Å². The molecule has 0 spiro atoms. The van der Waals surface area contributed by atoms with Gasteiger partial charge in [0.2, 0.25) is 11.8 Å². The summed E-state index contributed by atoms with van der Waals surface area (Å²) in [5.74, 6) is -0.127. The molecule has 174 valence electrons. The number of nitrogens with one attached hydrogen (secondary N) is 2. The summed E-state index contributed by atoms with van der Waals surface area (Å²) in [7, 11) is 0. The molecule has 2 heterocycles. The van der Waals surface area contributed by atoms with Crippen molar-refractivity contribution in [1.82, 2.24) is 10.2 Å². The van der Waals surface area contributed by atoms with E-state index in [0.717, 1.165) is 55.7 Å². The second kappa shape index (κ2) is 10.2. The number of aryl methyl sites for hydroxylation is 1. The van der Waals surface area contributed by atoms with E-state index >= 15 is 0 Å². The monoisotopic (exact) mass is 453 g/mol. The molecule has 0 unspecified atom stereocenters. The molecule has 0 saturated carbocycles. The molecule has 5 heteroatoms. The number of carbonyl (C=O) groups excluding carboxylic acids is 2. The summed E-state index contributed by atoms with van der Waals surface area (Å²) in [4.78, 5) is 27.5. The van der Waals surface area contributed by atoms with Gasteiger partial charge in [-0.15, -0.1) is 0 Å². The van der Waals surface area contributed by atoms with Gasteiger partial charge in [-0.25, -0.2) is 0 Å². The molecule has 0 aromatic heterocycles. The summed E-state index contributed by atoms with van der Waals surface area (Å²) < 4.78 is 0. The topological polar surface area (TPSA) is 61.4 Å². The third-order valence-corrected chi connectivity index (χ3v) is 6.94. The minimum atomic E-state index is -0.300. The molecule has 2 N–H and O–H groups in total. The fourth-order valence-corrected chi connectivity index (χ4v) is 5.08. The predicted molar refractivity (Wildman–Crippen MR) is 135 cm³/mol. The highest BCUT2D eigenvalue weighted by Gasteiger charge is 2.27. The number of benzene rings is 3. The van der Waals surface area contributed by atoms with Gasteiger partial charge in [0.25, 0.3) is 0 Å². The van der Waals surface area contributed by atoms with Crippen LogP contribution in [0.5, 0.6) is 0 Å². The van der Waals surface area contributed by atoms with Crippen molar-refractivity contribution >= 4 is 17.5 Å². The maximum Gasteiger partial charge on any atom is 0.232 e. The second-order valence-corrected chi connectivity index (χ2v) is 9.35. The number of rotatable bonds is 6. The Bertz CT molecular complexity index is 1100. The van der Waals surface area contributed by atoms with Crippen LogP contribution in [0.2, 0.25) is 0 Å². The van der Waals surface area contributed by atoms with Crippen molar-refractivity contribution in [1.29, 1.82) is 0 Å². The largest absolute Gasteiger partial charge is 0.352 e. The minimum Gasteiger partial charge on any atom is -0.352 e. The highest BCUT2D eigenvalue weighted by atomic mass is 16.2. The summed E-state index contributed by atoms with van der Waals surface area (Å²) in [5.41, 5.74) is 5.43. The van der Waals surface area contributed by atoms with Crippen molar-refractivity contribution in [3.63, 3.8) is 0 Å². The van der Waals surface area contributed by atoms with Gasteiger partial charge in [0.1, 0.15) is 0 Å². The predicted octanol–water partition coefficient (Wildman–Crippen LogP) is 4.48. The molecule has 1 fully saturated rings. The summed E-state index contributed by atoms with van der Waals surface area (Å²) in [5, 5.41) is 6.33. The van der Waals surface area contributed by atoms with Gasteiger partial charge in [0, 0.05) is 37.8 Å². The van der Waals surface area contributed by atoms with E-state index in [1.807, 2.05) is 60.7 Å². The first-order valence-corrected chi connectivity index (χ1v) is 12.2. The van der Waals surface area contributed by atoms with Crippen LogP contribution in [0.4, 0.5) is 5.69 Å². The third-order valence-electron chi connectivity index (χ3n) is 6.94. The van der Waals surface area contributed by atoms with Gasteiger partial charge in [-0.3, -0.25) is 14.5 Å². The van der Waals surface area contributed by atoms with E-state index in [-0.39, 0.29) is 23.8 Å². The first-order valence-electron chi connectivity index (χ1n) is 12.2. The molecule has 2 aliphatic heterocycles. The van der Waals surface area contributed by atoms with Crippen molar-refractivity contribution in [3.8, 4) is 0 Å². The Morgan fingerprint density at radius 3 is 2.21 bits per heavy atom. The van der Waals surface area contributed by atoms with Crippen LogP contribution >= 0.6 is 0 Å². The van der Waals surface area contributed by atoms with E-state index in [1.165, 1.54) is 11.1 Å². The van der Waals surface area contributed by atoms with E-state index in [4.69, 9.17) is 0 Å². The quantitative estimate of drug-likeness (QED) is 0.578. The zero-order valence-electron chi connectivity index (χ0n) is 19.4. The van der Waals surface area contributed by atoms with Crippen molar-refractivity contribution in [2.75, 3.05) is 18.4 Å². The average Bonchev–Trinajstić information content (AvgIpc) is 2.86. The number of fused-ring (bicyclic) bond motifs is 1. The highest BCUT2D eigenvalue weighted by Crippen LogP contribution is 2.27. The van der Waals surface area contributed by atoms with Gasteiger partial charge < -0.3 is 10.6 Å². The smallest absolute Gasteiger partial charge is 0.232 e. The molecule has 0 bridgehead atoms. The van der Waals surface area contributed by atoms with Crippen molar-refractivity contribution < 1.29 is 9.59 Å². The van der Waals surface area contributed by atoms with Crippen LogP contribution in [0.15, 0.2) is 78.9 Å². The molecule has 2 amide bonds. The summed E-state index contributed by atoms with van der Waals surface area (Å²) in [6, 6.07) is 26.7. The molecule has 5 rings (SSSR count). The van der Waals surface area contributed by atoms with E-state index < -0.39 is 0 Å². The lowest BCUT2D eigenvalue weighted by Crippen LogP contribution is -2.45. The molecule has 0 radical (unpaired) electrons. The van der Waals surface area contributed by atoms with Crippen LogP contribution in [-0.2, 0) is 22.6 Å². The second-order valence-electron chi connectivity index (χ2n) is 9.35. The molecule has 1 saturated heterocycles. The van der Waals surface area contributed by atoms with E-state index in [0.29, 0.717) is 6.42 Å². The first-order chi connectivity index (χ1) is 16.7. The lowest BCUT2D eigenvalue weighted by molar-refractivity contribution is -0.122. The summed E-state index contributed by atoms with van der Waals surface area (Å²) in [6.45, 7) is 2.74. The van der Waals surface area contributed by atoms with Gasteiger partial charge in [0.15, 0.2) is 0 Å². The normalized spacial score (nSPS) is 16.7. The summed E-state index contributed by atoms with van der Waals surface area (Å²) in [6.07, 6.45) is 3.26. The maximum absolute atomic E-state index is 13.4. The molecule has 5 nitrogen and oxygen atoms in total. The van der Waals surface area contributed by atoms with Gasteiger partial charge in [-0.1, -0.05) is 72.8 Å². The third kappa shape index (κ3) is 5.20. The number of hydrogen-bond donors (Lipinski definition) is 2. The zero-order chi connectivity index (χ0) is 23.3. The number of nitrogens with zero attached hydrogens (tertiary/aromatic N) is 1. The number of piperidine rings is 1. The number of hydrogen-bond acceptors (Lipinski definition) is 3. The Kier molecular flexibility index (Phi) is 6.72. The van der Waals surface area contributed by atoms with Crippen molar-refractivity contribution in [2.45, 2.75) is 44.2 Å². The Hall–Kier alpha value is -3.44. The maximum atomic E-state index is 13.4. The molecule has 3 aromatic rings. The average molecular weight is 454 g/mol. The molecule has 2 aliphatic rings. The fraction of sp³-hybridized carbons (Fsp3) is 0.310. The Balaban J connectivity index is 1.19. The highest BCUT2D eigenvalue weighted by molar-refractivity contribution is 5.94. The lowest BCUT2D eigenvalue weighted by atomic mass is 9.90. The molecule has 0 aliphatic carbocycles. The van der Waals surface area contributed by atoms with Gasteiger partial charge in [0.05, 0.1) is 5.92 Å². The molecule has 34 heavy (non-hydrogen) atoms. The molecular formula is C29H31N3O2. The van der Waals surface area contributed by atoms with Crippen molar-refractivity contribution in [2.24, 2.45) is 0 Å². The molecular weight excluding hydrogens is 422 g/mol. The standard InChI is InChI=1S/C29H31N3O2/c33-27-14-13-22-12-11-21(19-26(22)31-27)20-32-17-15-25(16-18-32)30-29(34)28(23-7-3-1-4-8-23)24-9-5-2-6-10-24/h1-12,19,25,28H,13-18,20H2,(H,30,34)(H,31,33). The van der Waals surface area contributed by atoms with E-state index in [9.17, 15) is 9.59 Å². The van der Waals surface area contributed by atoms with Gasteiger partial charge in [-0.2, -0.15) is 0 Å². The minimum absolute atomic E-state index is 0.0706. The fourth-order valence-electron chi connectivity index (χ4n) is 5.08. The van der Waals surface area contributed by atoms with Crippen LogP contribution in [0.25, 0.3) is 0 Å². The number of anilines is 1. The lowest BCUT2D eigenvalue weighted by Gasteiger charge is -2.33. The number of likely N-dealkylation sites (tertiary alicyclic amines) is 1. The zero-order valence-corrected chi connectivity index (χ0v) is 19.4. The van der Waals surface area contributed by atoms with Crippen LogP contribution in [0, 0.1) is 0 Å². The van der Waals surface area contributed by atoms with E-state index in [1.54, 1.807) is 0 Å². The number of amides is 2. The van der Waals surface area contributed by atoms with Crippen LogP contribution in [0.3, 0.4) is 0 Å². The number of carbonyl (C=O) groups is 2. The molecule has 0 atom stereocenters. The molecule has 3 aromatic carbocycles. The Morgan fingerprint density at radius 2 is 1.56 bits per heavy atom. The van der Waals surface area contributed by atoms with Crippen LogP contribution in [-0.4, -0.2) is 35.8 Å². The Labute approximate surface area is 201 Å². The van der Waals surface area contributed by atoms with Crippen LogP contribution in [0.1, 0.15) is 47.4 Å².